The number of nitrogens with zero attached hydrogens (tertiary/aromatic N) is 3. The number of rotatable bonds is 5. The molecule has 0 spiro atoms. The van der Waals surface area contributed by atoms with E-state index in [0.29, 0.717) is 25.4 Å². The van der Waals surface area contributed by atoms with Crippen LogP contribution in [0.4, 0.5) is 5.82 Å². The number of hydrogen-bond acceptors (Lipinski definition) is 6. The Morgan fingerprint density at radius 1 is 1.32 bits per heavy atom. The van der Waals surface area contributed by atoms with Crippen molar-refractivity contribution in [3.63, 3.8) is 0 Å². The van der Waals surface area contributed by atoms with Gasteiger partial charge in [0.1, 0.15) is 0 Å². The van der Waals surface area contributed by atoms with E-state index in [0.717, 1.165) is 16.4 Å². The molecule has 1 amide bonds. The van der Waals surface area contributed by atoms with Gasteiger partial charge in [0.05, 0.1) is 24.3 Å². The summed E-state index contributed by atoms with van der Waals surface area (Å²) in [6, 6.07) is 7.58. The smallest absolute Gasteiger partial charge is 0.225 e. The minimum Gasteiger partial charge on any atom is -0.389 e. The molecule has 1 aliphatic heterocycles. The summed E-state index contributed by atoms with van der Waals surface area (Å²) >= 11 is 1.67. The van der Waals surface area contributed by atoms with Crippen LogP contribution in [0.5, 0.6) is 0 Å². The number of anilines is 1. The number of amides is 1. The lowest BCUT2D eigenvalue weighted by molar-refractivity contribution is -0.121. The molecule has 0 aromatic carbocycles. The van der Waals surface area contributed by atoms with Crippen molar-refractivity contribution in [3.8, 4) is 0 Å². The summed E-state index contributed by atoms with van der Waals surface area (Å²) in [6.45, 7) is 7.15. The number of aromatic nitrogens is 2. The minimum atomic E-state index is -0.610. The van der Waals surface area contributed by atoms with E-state index in [4.69, 9.17) is 0 Å². The number of carbonyl (C=O) groups excluding carboxylic acids is 1. The van der Waals surface area contributed by atoms with E-state index in [2.05, 4.69) is 35.4 Å². The van der Waals surface area contributed by atoms with Crippen LogP contribution in [0.25, 0.3) is 0 Å². The Morgan fingerprint density at radius 3 is 2.76 bits per heavy atom. The second-order valence-electron chi connectivity index (χ2n) is 6.81. The van der Waals surface area contributed by atoms with Gasteiger partial charge in [-0.2, -0.15) is 5.10 Å². The van der Waals surface area contributed by atoms with Gasteiger partial charge in [0.2, 0.25) is 5.91 Å². The SMILES string of the molecule is Cc1ccc(N2C[C@H](O)[C@H](NC(=O)Cc3ccc(C(C)C)s3)C2)nn1. The Morgan fingerprint density at radius 2 is 2.12 bits per heavy atom. The van der Waals surface area contributed by atoms with Gasteiger partial charge < -0.3 is 15.3 Å². The first-order valence-corrected chi connectivity index (χ1v) is 9.35. The van der Waals surface area contributed by atoms with E-state index in [9.17, 15) is 9.90 Å². The molecule has 25 heavy (non-hydrogen) atoms. The number of aryl methyl sites for hydroxylation is 1. The molecule has 0 saturated carbocycles. The second-order valence-corrected chi connectivity index (χ2v) is 8.01. The zero-order chi connectivity index (χ0) is 18.0. The predicted octanol–water partition coefficient (Wildman–Crippen LogP) is 1.88. The Balaban J connectivity index is 1.56. The van der Waals surface area contributed by atoms with Gasteiger partial charge in [0.25, 0.3) is 0 Å². The quantitative estimate of drug-likeness (QED) is 0.851. The molecule has 1 saturated heterocycles. The molecule has 2 atom stereocenters. The molecule has 2 aromatic rings. The van der Waals surface area contributed by atoms with Gasteiger partial charge in [-0.3, -0.25) is 4.79 Å². The van der Waals surface area contributed by atoms with Crippen molar-refractivity contribution < 1.29 is 9.90 Å². The van der Waals surface area contributed by atoms with Crippen LogP contribution in [-0.2, 0) is 11.2 Å². The summed E-state index contributed by atoms with van der Waals surface area (Å²) in [5.74, 6) is 1.14. The third kappa shape index (κ3) is 4.35. The van der Waals surface area contributed by atoms with E-state index in [1.807, 2.05) is 30.0 Å². The summed E-state index contributed by atoms with van der Waals surface area (Å²) in [4.78, 5) is 16.6. The van der Waals surface area contributed by atoms with E-state index in [1.54, 1.807) is 11.3 Å². The van der Waals surface area contributed by atoms with Crippen molar-refractivity contribution in [1.82, 2.24) is 15.5 Å². The highest BCUT2D eigenvalue weighted by molar-refractivity contribution is 7.12. The minimum absolute atomic E-state index is 0.0574. The highest BCUT2D eigenvalue weighted by Gasteiger charge is 2.33. The average molecular weight is 360 g/mol. The van der Waals surface area contributed by atoms with E-state index in [-0.39, 0.29) is 11.9 Å². The maximum absolute atomic E-state index is 12.3. The van der Waals surface area contributed by atoms with Crippen LogP contribution in [0.15, 0.2) is 24.3 Å². The van der Waals surface area contributed by atoms with Crippen molar-refractivity contribution >= 4 is 23.1 Å². The van der Waals surface area contributed by atoms with E-state index >= 15 is 0 Å². The van der Waals surface area contributed by atoms with Crippen molar-refractivity contribution in [2.45, 2.75) is 45.3 Å². The van der Waals surface area contributed by atoms with Gasteiger partial charge >= 0.3 is 0 Å². The number of hydrogen-bond donors (Lipinski definition) is 2. The lowest BCUT2D eigenvalue weighted by Crippen LogP contribution is -2.43. The van der Waals surface area contributed by atoms with Gasteiger partial charge in [0, 0.05) is 22.8 Å². The first-order valence-electron chi connectivity index (χ1n) is 8.53. The molecule has 2 N–H and O–H groups in total. The summed E-state index contributed by atoms with van der Waals surface area (Å²) in [5.41, 5.74) is 0.852. The van der Waals surface area contributed by atoms with Crippen LogP contribution in [0, 0.1) is 6.92 Å². The largest absolute Gasteiger partial charge is 0.389 e. The van der Waals surface area contributed by atoms with Gasteiger partial charge in [0.15, 0.2) is 5.82 Å². The summed E-state index contributed by atoms with van der Waals surface area (Å²) in [7, 11) is 0. The Labute approximate surface area is 151 Å². The zero-order valence-corrected chi connectivity index (χ0v) is 15.6. The average Bonchev–Trinajstić information content (AvgIpc) is 3.16. The van der Waals surface area contributed by atoms with Crippen molar-refractivity contribution in [1.29, 1.82) is 0 Å². The normalized spacial score (nSPS) is 20.3. The standard InChI is InChI=1S/C18H24N4O2S/c1-11(2)16-6-5-13(25-16)8-18(24)19-14-9-22(10-15(14)23)17-7-4-12(3)20-21-17/h4-7,11,14-15,23H,8-10H2,1-3H3,(H,19,24)/t14-,15+/m1/s1. The van der Waals surface area contributed by atoms with Crippen LogP contribution in [-0.4, -0.2) is 46.4 Å². The lowest BCUT2D eigenvalue weighted by Gasteiger charge is -2.17. The van der Waals surface area contributed by atoms with Crippen molar-refractivity contribution in [3.05, 3.63) is 39.7 Å². The molecule has 3 heterocycles. The second kappa shape index (κ2) is 7.49. The maximum Gasteiger partial charge on any atom is 0.225 e. The van der Waals surface area contributed by atoms with Crippen LogP contribution in [0.2, 0.25) is 0 Å². The summed E-state index contributed by atoms with van der Waals surface area (Å²) in [5, 5.41) is 21.4. The monoisotopic (exact) mass is 360 g/mol. The van der Waals surface area contributed by atoms with Crippen LogP contribution < -0.4 is 10.2 Å². The predicted molar refractivity (Wildman–Crippen MR) is 99.0 cm³/mol. The number of β-amino-alcohol motifs (C(OH)–C–C–N with tert-alkyl or cyclic N) is 1. The molecule has 6 nitrogen and oxygen atoms in total. The fourth-order valence-electron chi connectivity index (χ4n) is 2.89. The molecule has 1 fully saturated rings. The fourth-order valence-corrected chi connectivity index (χ4v) is 3.91. The zero-order valence-electron chi connectivity index (χ0n) is 14.8. The molecule has 0 radical (unpaired) electrons. The third-order valence-corrected chi connectivity index (χ3v) is 5.72. The molecule has 0 aliphatic carbocycles. The molecular weight excluding hydrogens is 336 g/mol. The van der Waals surface area contributed by atoms with Crippen LogP contribution in [0.3, 0.4) is 0 Å². The molecule has 2 aromatic heterocycles. The molecule has 0 unspecified atom stereocenters. The van der Waals surface area contributed by atoms with Gasteiger partial charge in [-0.05, 0) is 37.1 Å². The molecular formula is C18H24N4O2S. The fraction of sp³-hybridized carbons (Fsp3) is 0.500. The Hall–Kier alpha value is -1.99. The number of aliphatic hydroxyl groups is 1. The summed E-state index contributed by atoms with van der Waals surface area (Å²) in [6.07, 6.45) is -0.257. The van der Waals surface area contributed by atoms with E-state index < -0.39 is 6.10 Å². The molecule has 134 valence electrons. The molecule has 3 rings (SSSR count). The summed E-state index contributed by atoms with van der Waals surface area (Å²) < 4.78 is 0. The Kier molecular flexibility index (Phi) is 5.34. The Bertz CT molecular complexity index is 729. The number of thiophene rings is 1. The third-order valence-electron chi connectivity index (χ3n) is 4.33. The molecule has 7 heteroatoms. The lowest BCUT2D eigenvalue weighted by atomic mass is 10.2. The van der Waals surface area contributed by atoms with Crippen molar-refractivity contribution in [2.75, 3.05) is 18.0 Å². The molecule has 1 aliphatic rings. The van der Waals surface area contributed by atoms with Crippen LogP contribution >= 0.6 is 11.3 Å². The maximum atomic E-state index is 12.3. The first kappa shape index (κ1) is 17.8. The van der Waals surface area contributed by atoms with Crippen molar-refractivity contribution in [2.24, 2.45) is 0 Å². The highest BCUT2D eigenvalue weighted by atomic mass is 32.1. The number of carbonyl (C=O) groups is 1. The van der Waals surface area contributed by atoms with Gasteiger partial charge in [-0.1, -0.05) is 13.8 Å². The topological polar surface area (TPSA) is 78.4 Å². The van der Waals surface area contributed by atoms with Gasteiger partial charge in [-0.15, -0.1) is 16.4 Å². The molecule has 0 bridgehead atoms. The number of nitrogens with one attached hydrogen (secondary N) is 1. The first-order chi connectivity index (χ1) is 11.9. The van der Waals surface area contributed by atoms with Crippen LogP contribution in [0.1, 0.15) is 35.2 Å². The highest BCUT2D eigenvalue weighted by Crippen LogP contribution is 2.24. The number of aliphatic hydroxyl groups excluding tert-OH is 1. The van der Waals surface area contributed by atoms with Gasteiger partial charge in [-0.25, -0.2) is 0 Å². The van der Waals surface area contributed by atoms with E-state index in [1.165, 1.54) is 4.88 Å².